The second kappa shape index (κ2) is 9.26. The number of amides is 1. The maximum atomic E-state index is 12.7. The van der Waals surface area contributed by atoms with Crippen molar-refractivity contribution in [1.29, 1.82) is 0 Å². The van der Waals surface area contributed by atoms with Crippen molar-refractivity contribution in [3.05, 3.63) is 52.7 Å². The normalized spacial score (nSPS) is 15.0. The summed E-state index contributed by atoms with van der Waals surface area (Å²) in [5.74, 6) is 1.37. The Kier molecular flexibility index (Phi) is 6.75. The Hall–Kier alpha value is -2.31. The first-order valence-corrected chi connectivity index (χ1v) is 9.81. The second-order valence-corrected chi connectivity index (χ2v) is 7.51. The van der Waals surface area contributed by atoms with E-state index in [4.69, 9.17) is 21.1 Å². The summed E-state index contributed by atoms with van der Waals surface area (Å²) in [6, 6.07) is 9.17. The molecular formula is C21H26ClN3O3. The van der Waals surface area contributed by atoms with E-state index in [9.17, 15) is 4.79 Å². The fourth-order valence-corrected chi connectivity index (χ4v) is 3.42. The minimum Gasteiger partial charge on any atom is -0.496 e. The molecule has 3 rings (SSSR count). The van der Waals surface area contributed by atoms with Crippen molar-refractivity contribution in [2.24, 2.45) is 0 Å². The third-order valence-corrected chi connectivity index (χ3v) is 4.87. The molecule has 0 N–H and O–H groups in total. The fraction of sp³-hybridized carbons (Fsp3) is 0.429. The smallest absolute Gasteiger partial charge is 0.255 e. The highest BCUT2D eigenvalue weighted by Crippen LogP contribution is 2.24. The van der Waals surface area contributed by atoms with Crippen molar-refractivity contribution < 1.29 is 14.3 Å². The molecule has 0 aliphatic carbocycles. The maximum absolute atomic E-state index is 12.7. The van der Waals surface area contributed by atoms with E-state index >= 15 is 0 Å². The van der Waals surface area contributed by atoms with E-state index in [-0.39, 0.29) is 12.0 Å². The lowest BCUT2D eigenvalue weighted by molar-refractivity contribution is 0.0627. The molecule has 0 saturated carbocycles. The van der Waals surface area contributed by atoms with Gasteiger partial charge in [-0.1, -0.05) is 11.6 Å². The molecule has 1 aromatic heterocycles. The molecule has 6 nitrogen and oxygen atoms in total. The Morgan fingerprint density at radius 1 is 1.18 bits per heavy atom. The van der Waals surface area contributed by atoms with Crippen LogP contribution in [-0.2, 0) is 6.54 Å². The number of carbonyl (C=O) groups excluding carboxylic acids is 1. The van der Waals surface area contributed by atoms with Gasteiger partial charge in [0.25, 0.3) is 5.91 Å². The molecule has 1 saturated heterocycles. The lowest BCUT2D eigenvalue weighted by Crippen LogP contribution is -2.48. The SMILES string of the molecule is COc1ccc(Cl)cc1CN1CCN(C(=O)c2ccc(OC(C)C)nc2)CC1. The lowest BCUT2D eigenvalue weighted by Gasteiger charge is -2.35. The van der Waals surface area contributed by atoms with Crippen LogP contribution in [0.2, 0.25) is 5.02 Å². The van der Waals surface area contributed by atoms with E-state index in [1.54, 1.807) is 25.4 Å². The van der Waals surface area contributed by atoms with Crippen LogP contribution in [0.15, 0.2) is 36.5 Å². The Morgan fingerprint density at radius 2 is 1.93 bits per heavy atom. The van der Waals surface area contributed by atoms with E-state index in [1.165, 1.54) is 0 Å². The molecule has 0 spiro atoms. The monoisotopic (exact) mass is 403 g/mol. The lowest BCUT2D eigenvalue weighted by atomic mass is 10.1. The molecule has 0 atom stereocenters. The quantitative estimate of drug-likeness (QED) is 0.739. The zero-order valence-electron chi connectivity index (χ0n) is 16.5. The van der Waals surface area contributed by atoms with Crippen molar-refractivity contribution in [2.45, 2.75) is 26.5 Å². The Balaban J connectivity index is 1.56. The molecule has 0 bridgehead atoms. The van der Waals surface area contributed by atoms with Crippen molar-refractivity contribution >= 4 is 17.5 Å². The number of hydrogen-bond acceptors (Lipinski definition) is 5. The Bertz CT molecular complexity index is 803. The first-order valence-electron chi connectivity index (χ1n) is 9.43. The van der Waals surface area contributed by atoms with Crippen LogP contribution < -0.4 is 9.47 Å². The third-order valence-electron chi connectivity index (χ3n) is 4.64. The van der Waals surface area contributed by atoms with Crippen LogP contribution in [0.5, 0.6) is 11.6 Å². The highest BCUT2D eigenvalue weighted by molar-refractivity contribution is 6.30. The van der Waals surface area contributed by atoms with Crippen LogP contribution in [0.25, 0.3) is 0 Å². The average molecular weight is 404 g/mol. The number of pyridine rings is 1. The third kappa shape index (κ3) is 5.14. The Morgan fingerprint density at radius 3 is 2.54 bits per heavy atom. The number of piperazine rings is 1. The zero-order valence-corrected chi connectivity index (χ0v) is 17.3. The van der Waals surface area contributed by atoms with E-state index in [0.29, 0.717) is 29.6 Å². The summed E-state index contributed by atoms with van der Waals surface area (Å²) in [4.78, 5) is 21.1. The summed E-state index contributed by atoms with van der Waals surface area (Å²) in [5.41, 5.74) is 1.64. The number of carbonyl (C=O) groups is 1. The molecule has 0 radical (unpaired) electrons. The number of rotatable bonds is 6. The minimum atomic E-state index is 0.00332. The van der Waals surface area contributed by atoms with Gasteiger partial charge in [-0.25, -0.2) is 4.98 Å². The number of methoxy groups -OCH3 is 1. The predicted molar refractivity (Wildman–Crippen MR) is 109 cm³/mol. The summed E-state index contributed by atoms with van der Waals surface area (Å²) in [6.45, 7) is 7.57. The van der Waals surface area contributed by atoms with Crippen molar-refractivity contribution in [1.82, 2.24) is 14.8 Å². The zero-order chi connectivity index (χ0) is 20.1. The van der Waals surface area contributed by atoms with Crippen LogP contribution in [-0.4, -0.2) is 60.1 Å². The number of aromatic nitrogens is 1. The molecule has 2 aromatic rings. The van der Waals surface area contributed by atoms with E-state index < -0.39 is 0 Å². The van der Waals surface area contributed by atoms with Crippen molar-refractivity contribution in [2.75, 3.05) is 33.3 Å². The van der Waals surface area contributed by atoms with Gasteiger partial charge in [0.05, 0.1) is 18.8 Å². The first kappa shape index (κ1) is 20.4. The van der Waals surface area contributed by atoms with Gasteiger partial charge in [-0.2, -0.15) is 0 Å². The molecule has 1 amide bonds. The highest BCUT2D eigenvalue weighted by Gasteiger charge is 2.23. The molecule has 28 heavy (non-hydrogen) atoms. The largest absolute Gasteiger partial charge is 0.496 e. The average Bonchev–Trinajstić information content (AvgIpc) is 2.68. The van der Waals surface area contributed by atoms with Crippen LogP contribution >= 0.6 is 11.6 Å². The Labute approximate surface area is 171 Å². The molecule has 150 valence electrons. The van der Waals surface area contributed by atoms with Crippen LogP contribution in [0.4, 0.5) is 0 Å². The van der Waals surface area contributed by atoms with Crippen LogP contribution in [0, 0.1) is 0 Å². The van der Waals surface area contributed by atoms with Gasteiger partial charge in [0, 0.05) is 55.6 Å². The minimum absolute atomic E-state index is 0.00332. The van der Waals surface area contributed by atoms with Gasteiger partial charge < -0.3 is 14.4 Å². The first-order chi connectivity index (χ1) is 13.5. The number of nitrogens with zero attached hydrogens (tertiary/aromatic N) is 3. The van der Waals surface area contributed by atoms with Gasteiger partial charge >= 0.3 is 0 Å². The standard InChI is InChI=1S/C21H26ClN3O3/c1-15(2)28-20-7-4-16(13-23-20)21(26)25-10-8-24(9-11-25)14-17-12-18(22)5-6-19(17)27-3/h4-7,12-13,15H,8-11,14H2,1-3H3. The number of hydrogen-bond donors (Lipinski definition) is 0. The molecule has 1 aliphatic rings. The second-order valence-electron chi connectivity index (χ2n) is 7.08. The van der Waals surface area contributed by atoms with Crippen LogP contribution in [0.1, 0.15) is 29.8 Å². The number of ether oxygens (including phenoxy) is 2. The number of halogens is 1. The fourth-order valence-electron chi connectivity index (χ4n) is 3.22. The van der Waals surface area contributed by atoms with Crippen molar-refractivity contribution in [3.63, 3.8) is 0 Å². The maximum Gasteiger partial charge on any atom is 0.255 e. The summed E-state index contributed by atoms with van der Waals surface area (Å²) in [7, 11) is 1.66. The van der Waals surface area contributed by atoms with E-state index in [2.05, 4.69) is 9.88 Å². The molecule has 1 aliphatic heterocycles. The summed E-state index contributed by atoms with van der Waals surface area (Å²) < 4.78 is 11.0. The highest BCUT2D eigenvalue weighted by atomic mass is 35.5. The molecule has 7 heteroatoms. The molecule has 1 aromatic carbocycles. The van der Waals surface area contributed by atoms with E-state index in [0.717, 1.165) is 30.9 Å². The van der Waals surface area contributed by atoms with Gasteiger partial charge in [0.2, 0.25) is 5.88 Å². The molecule has 0 unspecified atom stereocenters. The molecule has 1 fully saturated rings. The van der Waals surface area contributed by atoms with Gasteiger partial charge in [-0.05, 0) is 38.1 Å². The summed E-state index contributed by atoms with van der Waals surface area (Å²) >= 11 is 6.12. The van der Waals surface area contributed by atoms with Gasteiger partial charge in [-0.3, -0.25) is 9.69 Å². The number of benzene rings is 1. The summed E-state index contributed by atoms with van der Waals surface area (Å²) in [6.07, 6.45) is 1.64. The predicted octanol–water partition coefficient (Wildman–Crippen LogP) is 3.49. The van der Waals surface area contributed by atoms with Gasteiger partial charge in [-0.15, -0.1) is 0 Å². The van der Waals surface area contributed by atoms with Gasteiger partial charge in [0.1, 0.15) is 5.75 Å². The topological polar surface area (TPSA) is 54.9 Å². The van der Waals surface area contributed by atoms with Gasteiger partial charge in [0.15, 0.2) is 0 Å². The van der Waals surface area contributed by atoms with Crippen molar-refractivity contribution in [3.8, 4) is 11.6 Å². The van der Waals surface area contributed by atoms with E-state index in [1.807, 2.05) is 36.9 Å². The summed E-state index contributed by atoms with van der Waals surface area (Å²) in [5, 5.41) is 0.696. The van der Waals surface area contributed by atoms with Crippen LogP contribution in [0.3, 0.4) is 0 Å². The molecular weight excluding hydrogens is 378 g/mol. The molecule has 2 heterocycles.